The molecule has 1 heterocycles. The Bertz CT molecular complexity index is 914. The molecule has 26 heavy (non-hydrogen) atoms. The minimum absolute atomic E-state index is 0.0423. The van der Waals surface area contributed by atoms with E-state index < -0.39 is 27.4 Å². The summed E-state index contributed by atoms with van der Waals surface area (Å²) >= 11 is 0. The van der Waals surface area contributed by atoms with Gasteiger partial charge in [0.25, 0.3) is 10.0 Å². The van der Waals surface area contributed by atoms with Crippen molar-refractivity contribution in [3.63, 3.8) is 0 Å². The Morgan fingerprint density at radius 1 is 1.31 bits per heavy atom. The first kappa shape index (κ1) is 18.4. The SMILES string of the molecule is CCOC(=O)C1=CC2CC(=O)C=CC2(C)N1S(=O)(=O)c1ccc(C)cc1. The molecule has 0 amide bonds. The number of allylic oxidation sites excluding steroid dienone is 1. The number of fused-ring (bicyclic) bond motifs is 1. The van der Waals surface area contributed by atoms with E-state index in [1.807, 2.05) is 6.92 Å². The van der Waals surface area contributed by atoms with E-state index in [1.54, 1.807) is 38.1 Å². The number of benzene rings is 1. The second kappa shape index (κ2) is 6.39. The van der Waals surface area contributed by atoms with Crippen molar-refractivity contribution in [2.45, 2.75) is 37.6 Å². The Labute approximate surface area is 153 Å². The van der Waals surface area contributed by atoms with Crippen LogP contribution in [0.25, 0.3) is 0 Å². The molecule has 0 radical (unpaired) electrons. The highest BCUT2D eigenvalue weighted by molar-refractivity contribution is 7.89. The summed E-state index contributed by atoms with van der Waals surface area (Å²) in [7, 11) is -4.01. The van der Waals surface area contributed by atoms with Gasteiger partial charge in [-0.3, -0.25) is 4.79 Å². The molecule has 0 spiro atoms. The smallest absolute Gasteiger partial charge is 0.355 e. The van der Waals surface area contributed by atoms with E-state index in [9.17, 15) is 18.0 Å². The summed E-state index contributed by atoms with van der Waals surface area (Å²) in [4.78, 5) is 24.4. The molecular formula is C19H21NO5S. The fourth-order valence-electron chi connectivity index (χ4n) is 3.40. The second-order valence-corrected chi connectivity index (χ2v) is 8.48. The van der Waals surface area contributed by atoms with E-state index >= 15 is 0 Å². The molecule has 2 aliphatic rings. The van der Waals surface area contributed by atoms with Gasteiger partial charge in [0, 0.05) is 12.3 Å². The van der Waals surface area contributed by atoms with Gasteiger partial charge in [-0.05, 0) is 45.1 Å². The molecule has 0 saturated carbocycles. The van der Waals surface area contributed by atoms with Gasteiger partial charge < -0.3 is 4.74 Å². The average molecular weight is 375 g/mol. The third-order valence-electron chi connectivity index (χ3n) is 4.84. The van der Waals surface area contributed by atoms with Crippen molar-refractivity contribution < 1.29 is 22.7 Å². The third-order valence-corrected chi connectivity index (χ3v) is 6.78. The van der Waals surface area contributed by atoms with Crippen molar-refractivity contribution in [1.82, 2.24) is 4.31 Å². The van der Waals surface area contributed by atoms with Crippen LogP contribution in [0.15, 0.2) is 53.1 Å². The number of rotatable bonds is 4. The molecule has 0 bridgehead atoms. The van der Waals surface area contributed by atoms with Gasteiger partial charge in [-0.15, -0.1) is 0 Å². The molecule has 0 aromatic heterocycles. The topological polar surface area (TPSA) is 80.8 Å². The largest absolute Gasteiger partial charge is 0.461 e. The lowest BCUT2D eigenvalue weighted by Crippen LogP contribution is -2.50. The normalized spacial score (nSPS) is 25.0. The number of carbonyl (C=O) groups excluding carboxylic acids is 2. The van der Waals surface area contributed by atoms with Crippen molar-refractivity contribution in [2.75, 3.05) is 6.61 Å². The van der Waals surface area contributed by atoms with Crippen LogP contribution in [0.1, 0.15) is 25.8 Å². The Morgan fingerprint density at radius 2 is 1.96 bits per heavy atom. The van der Waals surface area contributed by atoms with Gasteiger partial charge in [0.15, 0.2) is 5.78 Å². The Balaban J connectivity index is 2.15. The summed E-state index contributed by atoms with van der Waals surface area (Å²) in [6, 6.07) is 6.44. The standard InChI is InChI=1S/C19H21NO5S/c1-4-25-18(22)17-12-14-11-15(21)9-10-19(14,3)20(17)26(23,24)16-7-5-13(2)6-8-16/h5-10,12,14H,4,11H2,1-3H3. The predicted octanol–water partition coefficient (Wildman–Crippen LogP) is 2.35. The molecule has 1 aromatic rings. The summed E-state index contributed by atoms with van der Waals surface area (Å²) in [6.07, 6.45) is 4.65. The van der Waals surface area contributed by atoms with Gasteiger partial charge in [0.1, 0.15) is 5.70 Å². The molecule has 138 valence electrons. The van der Waals surface area contributed by atoms with Crippen LogP contribution >= 0.6 is 0 Å². The molecular weight excluding hydrogens is 354 g/mol. The number of hydrogen-bond donors (Lipinski definition) is 0. The monoisotopic (exact) mass is 375 g/mol. The van der Waals surface area contributed by atoms with Gasteiger partial charge in [-0.25, -0.2) is 17.5 Å². The van der Waals surface area contributed by atoms with Gasteiger partial charge in [-0.2, -0.15) is 0 Å². The van der Waals surface area contributed by atoms with Crippen LogP contribution < -0.4 is 0 Å². The highest BCUT2D eigenvalue weighted by atomic mass is 32.2. The lowest BCUT2D eigenvalue weighted by Gasteiger charge is -2.40. The number of ketones is 1. The summed E-state index contributed by atoms with van der Waals surface area (Å²) in [5.41, 5.74) is -0.141. The van der Waals surface area contributed by atoms with Crippen LogP contribution in [0, 0.1) is 12.8 Å². The van der Waals surface area contributed by atoms with Crippen LogP contribution in [0.3, 0.4) is 0 Å². The fraction of sp³-hybridized carbons (Fsp3) is 0.368. The Morgan fingerprint density at radius 3 is 2.58 bits per heavy atom. The molecule has 2 unspecified atom stereocenters. The molecule has 0 fully saturated rings. The highest BCUT2D eigenvalue weighted by Gasteiger charge is 2.53. The Hall–Kier alpha value is -2.41. The van der Waals surface area contributed by atoms with Crippen LogP contribution in [-0.4, -0.2) is 36.6 Å². The molecule has 1 aliphatic carbocycles. The molecule has 7 heteroatoms. The lowest BCUT2D eigenvalue weighted by atomic mass is 9.80. The Kier molecular flexibility index (Phi) is 4.52. The second-order valence-electron chi connectivity index (χ2n) is 6.69. The third kappa shape index (κ3) is 2.86. The zero-order valence-corrected chi connectivity index (χ0v) is 15.7. The molecule has 0 saturated heterocycles. The summed E-state index contributed by atoms with van der Waals surface area (Å²) in [5.74, 6) is -1.22. The zero-order valence-electron chi connectivity index (χ0n) is 14.9. The molecule has 1 aliphatic heterocycles. The quantitative estimate of drug-likeness (QED) is 0.755. The highest BCUT2D eigenvalue weighted by Crippen LogP contribution is 2.45. The summed E-state index contributed by atoms with van der Waals surface area (Å²) < 4.78 is 32.9. The van der Waals surface area contributed by atoms with Crippen molar-refractivity contribution in [2.24, 2.45) is 5.92 Å². The van der Waals surface area contributed by atoms with Crippen LogP contribution in [-0.2, 0) is 24.3 Å². The average Bonchev–Trinajstić information content (AvgIpc) is 2.89. The number of carbonyl (C=O) groups is 2. The maximum absolute atomic E-state index is 13.4. The number of nitrogens with zero attached hydrogens (tertiary/aromatic N) is 1. The van der Waals surface area contributed by atoms with E-state index in [2.05, 4.69) is 0 Å². The first-order valence-electron chi connectivity index (χ1n) is 8.43. The summed E-state index contributed by atoms with van der Waals surface area (Å²) in [6.45, 7) is 5.37. The van der Waals surface area contributed by atoms with Gasteiger partial charge in [0.05, 0.1) is 17.0 Å². The zero-order chi connectivity index (χ0) is 19.1. The van der Waals surface area contributed by atoms with Crippen molar-refractivity contribution >= 4 is 21.8 Å². The molecule has 3 rings (SSSR count). The van der Waals surface area contributed by atoms with Crippen molar-refractivity contribution in [1.29, 1.82) is 0 Å². The maximum Gasteiger partial charge on any atom is 0.355 e. The minimum Gasteiger partial charge on any atom is -0.461 e. The lowest BCUT2D eigenvalue weighted by molar-refractivity contribution is -0.139. The van der Waals surface area contributed by atoms with Crippen molar-refractivity contribution in [3.8, 4) is 0 Å². The van der Waals surface area contributed by atoms with Gasteiger partial charge in [-0.1, -0.05) is 23.8 Å². The number of ether oxygens (including phenoxy) is 1. The van der Waals surface area contributed by atoms with E-state index in [1.165, 1.54) is 18.2 Å². The minimum atomic E-state index is -4.01. The van der Waals surface area contributed by atoms with E-state index in [0.29, 0.717) is 0 Å². The molecule has 6 nitrogen and oxygen atoms in total. The predicted molar refractivity (Wildman–Crippen MR) is 95.6 cm³/mol. The number of aryl methyl sites for hydroxylation is 1. The number of hydrogen-bond acceptors (Lipinski definition) is 5. The first-order chi connectivity index (χ1) is 12.2. The van der Waals surface area contributed by atoms with Crippen LogP contribution in [0.5, 0.6) is 0 Å². The maximum atomic E-state index is 13.4. The summed E-state index contributed by atoms with van der Waals surface area (Å²) in [5, 5.41) is 0. The molecule has 0 N–H and O–H groups in total. The van der Waals surface area contributed by atoms with E-state index in [-0.39, 0.29) is 29.4 Å². The number of sulfonamides is 1. The molecule has 1 aromatic carbocycles. The van der Waals surface area contributed by atoms with E-state index in [4.69, 9.17) is 4.74 Å². The van der Waals surface area contributed by atoms with E-state index in [0.717, 1.165) is 9.87 Å². The molecule has 2 atom stereocenters. The first-order valence-corrected chi connectivity index (χ1v) is 9.87. The van der Waals surface area contributed by atoms with Gasteiger partial charge in [0.2, 0.25) is 0 Å². The van der Waals surface area contributed by atoms with Crippen LogP contribution in [0.4, 0.5) is 0 Å². The van der Waals surface area contributed by atoms with Crippen LogP contribution in [0.2, 0.25) is 0 Å². The fourth-order valence-corrected chi connectivity index (χ4v) is 5.20. The van der Waals surface area contributed by atoms with Crippen molar-refractivity contribution in [3.05, 3.63) is 53.8 Å². The number of esters is 1. The van der Waals surface area contributed by atoms with Gasteiger partial charge >= 0.3 is 5.97 Å².